The molecule has 6 heteroatoms. The van der Waals surface area contributed by atoms with Gasteiger partial charge in [-0.2, -0.15) is 4.58 Å². The average Bonchev–Trinajstić information content (AvgIpc) is 3.38. The Labute approximate surface area is 466 Å². The molecule has 6 nitrogen and oxygen atoms in total. The van der Waals surface area contributed by atoms with E-state index >= 15 is 0 Å². The molecule has 76 heavy (non-hydrogen) atoms. The fourth-order valence-electron chi connectivity index (χ4n) is 10.7. The fourth-order valence-corrected chi connectivity index (χ4v) is 10.7. The third-order valence-corrected chi connectivity index (χ3v) is 18.2. The van der Waals surface area contributed by atoms with Crippen LogP contribution in [-0.4, -0.2) is 64.3 Å². The standard InChI is InChI=1S/C70H108N6/c1-45(2)53(17)71(54(18)46(3)4)61-25-33-65(34-26-61)75(66-35-27-62(28-36-66)72(55(19)47(5)6)56(20)48(7)8)69-41-43-70(44-42-69)76(67-37-29-63(30-38-67)73(57(21)49(9)10)58(22)50(11)12)68-39-31-64(32-40-68)74(59(23)51(13)14)60(24)52(15)16/h25-60H,1-24H3/q+2. The van der Waals surface area contributed by atoms with Crippen LogP contribution in [0.25, 0.3) is 0 Å². The highest BCUT2D eigenvalue weighted by molar-refractivity contribution is 6.18. The lowest BCUT2D eigenvalue weighted by Crippen LogP contribution is -2.45. The van der Waals surface area contributed by atoms with Crippen LogP contribution in [0.15, 0.2) is 121 Å². The maximum atomic E-state index is 2.64. The average molecular weight is 1030 g/mol. The molecule has 0 amide bonds. The minimum atomic E-state index is 0.400. The van der Waals surface area contributed by atoms with Gasteiger partial charge in [-0.1, -0.05) is 111 Å². The minimum Gasteiger partial charge on any atom is -0.366 e. The van der Waals surface area contributed by atoms with Crippen molar-refractivity contribution >= 4 is 56.9 Å². The largest absolute Gasteiger partial charge is 0.366 e. The van der Waals surface area contributed by atoms with Gasteiger partial charge in [-0.3, -0.25) is 0 Å². The fraction of sp³-hybridized carbons (Fsp3) is 0.571. The van der Waals surface area contributed by atoms with Gasteiger partial charge < -0.3 is 19.6 Å². The zero-order valence-corrected chi connectivity index (χ0v) is 52.5. The molecule has 1 aliphatic rings. The van der Waals surface area contributed by atoms with Crippen LogP contribution in [0.5, 0.6) is 0 Å². The van der Waals surface area contributed by atoms with E-state index in [2.05, 4.69) is 316 Å². The zero-order valence-electron chi connectivity index (χ0n) is 52.5. The SMILES string of the molecule is CC(C)C(C)N(c1ccc(N(c2ccc(N(C(C)C(C)C)C(C)C(C)C)cc2)c2ccc([N+](=C3C=CC(=[N+](C(C)C(C)C)C(C)C(C)C)C=C3)c3ccc(N(C(C)C(C)C)C(C)C(C)C)cc3)cc2)cc1)C(C)C(C)C. The van der Waals surface area contributed by atoms with Crippen molar-refractivity contribution in [2.45, 2.75) is 215 Å². The highest BCUT2D eigenvalue weighted by Crippen LogP contribution is 2.40. The summed E-state index contributed by atoms with van der Waals surface area (Å²) < 4.78 is 5.08. The number of benzene rings is 4. The molecule has 0 saturated heterocycles. The summed E-state index contributed by atoms with van der Waals surface area (Å²) in [6, 6.07) is 40.6. The number of rotatable bonds is 24. The molecule has 8 unspecified atom stereocenters. The molecular weight excluding hydrogens is 925 g/mol. The topological polar surface area (TPSA) is 19.0 Å². The van der Waals surface area contributed by atoms with E-state index in [1.165, 1.54) is 22.8 Å². The van der Waals surface area contributed by atoms with Crippen LogP contribution in [-0.2, 0) is 0 Å². The summed E-state index contributed by atoms with van der Waals surface area (Å²) in [5.74, 6) is 4.18. The van der Waals surface area contributed by atoms with Crippen molar-refractivity contribution in [1.29, 1.82) is 0 Å². The van der Waals surface area contributed by atoms with Gasteiger partial charge in [0.05, 0.1) is 0 Å². The Kier molecular flexibility index (Phi) is 21.9. The monoisotopic (exact) mass is 1030 g/mol. The lowest BCUT2D eigenvalue weighted by Gasteiger charge is -2.41. The van der Waals surface area contributed by atoms with Gasteiger partial charge in [0.2, 0.25) is 22.8 Å². The van der Waals surface area contributed by atoms with E-state index in [0.717, 1.165) is 34.1 Å². The molecule has 0 aliphatic heterocycles. The predicted octanol–water partition coefficient (Wildman–Crippen LogP) is 18.8. The van der Waals surface area contributed by atoms with Crippen LogP contribution in [0, 0.1) is 47.3 Å². The van der Waals surface area contributed by atoms with Crippen LogP contribution >= 0.6 is 0 Å². The number of nitrogens with zero attached hydrogens (tertiary/aromatic N) is 6. The zero-order chi connectivity index (χ0) is 56.6. The first-order valence-electron chi connectivity index (χ1n) is 29.9. The van der Waals surface area contributed by atoms with Gasteiger partial charge in [-0.05, 0) is 164 Å². The van der Waals surface area contributed by atoms with Crippen molar-refractivity contribution < 1.29 is 4.58 Å². The van der Waals surface area contributed by atoms with Gasteiger partial charge in [0, 0.05) is 131 Å². The highest BCUT2D eigenvalue weighted by atomic mass is 15.2. The number of hydrogen-bond acceptors (Lipinski definition) is 4. The van der Waals surface area contributed by atoms with Crippen molar-refractivity contribution in [3.8, 4) is 0 Å². The minimum absolute atomic E-state index is 0.400. The van der Waals surface area contributed by atoms with Gasteiger partial charge in [-0.25, -0.2) is 4.58 Å². The summed E-state index contributed by atoms with van der Waals surface area (Å²) in [6.07, 6.45) is 9.37. The van der Waals surface area contributed by atoms with E-state index in [4.69, 9.17) is 0 Å². The normalized spacial score (nSPS) is 16.3. The van der Waals surface area contributed by atoms with Crippen molar-refractivity contribution in [1.82, 2.24) is 4.58 Å². The van der Waals surface area contributed by atoms with Crippen LogP contribution < -0.4 is 24.2 Å². The van der Waals surface area contributed by atoms with Gasteiger partial charge in [0.25, 0.3) is 0 Å². The van der Waals surface area contributed by atoms with Crippen LogP contribution in [0.4, 0.5) is 45.5 Å². The molecule has 0 spiro atoms. The van der Waals surface area contributed by atoms with E-state index in [-0.39, 0.29) is 0 Å². The van der Waals surface area contributed by atoms with Gasteiger partial charge in [0.1, 0.15) is 0 Å². The second-order valence-electron chi connectivity index (χ2n) is 25.8. The molecule has 8 atom stereocenters. The van der Waals surface area contributed by atoms with Gasteiger partial charge >= 0.3 is 0 Å². The molecule has 0 N–H and O–H groups in total. The lowest BCUT2D eigenvalue weighted by molar-refractivity contribution is -0.606. The van der Waals surface area contributed by atoms with E-state index in [1.54, 1.807) is 0 Å². The molecule has 0 fully saturated rings. The Morgan fingerprint density at radius 1 is 0.250 bits per heavy atom. The Bertz CT molecular complexity index is 2380. The molecule has 4 aromatic carbocycles. The second kappa shape index (κ2) is 27.0. The smallest absolute Gasteiger partial charge is 0.212 e. The van der Waals surface area contributed by atoms with E-state index in [9.17, 15) is 0 Å². The van der Waals surface area contributed by atoms with Gasteiger partial charge in [-0.15, -0.1) is 0 Å². The molecule has 0 aromatic heterocycles. The molecule has 1 aliphatic carbocycles. The summed E-state index contributed by atoms with van der Waals surface area (Å²) in [4.78, 5) is 10.4. The number of hydrogen-bond donors (Lipinski definition) is 0. The third kappa shape index (κ3) is 14.3. The van der Waals surface area contributed by atoms with Crippen LogP contribution in [0.1, 0.15) is 166 Å². The van der Waals surface area contributed by atoms with Crippen molar-refractivity contribution in [2.75, 3.05) is 19.6 Å². The highest BCUT2D eigenvalue weighted by Gasteiger charge is 2.33. The molecule has 4 aromatic rings. The Morgan fingerprint density at radius 2 is 0.461 bits per heavy atom. The van der Waals surface area contributed by atoms with E-state index in [0.29, 0.717) is 95.7 Å². The molecule has 0 radical (unpaired) electrons. The molecule has 0 saturated carbocycles. The van der Waals surface area contributed by atoms with Crippen LogP contribution in [0.2, 0.25) is 0 Å². The maximum absolute atomic E-state index is 2.64. The number of allylic oxidation sites excluding steroid dienone is 4. The lowest BCUT2D eigenvalue weighted by atomic mass is 9.96. The molecular formula is C70H108N6+2. The quantitative estimate of drug-likeness (QED) is 0.0514. The Hall–Kier alpha value is -5.10. The van der Waals surface area contributed by atoms with Crippen molar-refractivity contribution in [3.63, 3.8) is 0 Å². The maximum Gasteiger partial charge on any atom is 0.212 e. The third-order valence-electron chi connectivity index (χ3n) is 18.2. The first kappa shape index (κ1) is 61.7. The summed E-state index contributed by atoms with van der Waals surface area (Å²) in [5, 5.41) is 0. The van der Waals surface area contributed by atoms with E-state index in [1.807, 2.05) is 0 Å². The molecule has 416 valence electrons. The van der Waals surface area contributed by atoms with E-state index < -0.39 is 0 Å². The van der Waals surface area contributed by atoms with Gasteiger partial charge in [0.15, 0.2) is 12.1 Å². The Morgan fingerprint density at radius 3 is 0.697 bits per heavy atom. The summed E-state index contributed by atoms with van der Waals surface area (Å²) >= 11 is 0. The summed E-state index contributed by atoms with van der Waals surface area (Å²) in [7, 11) is 0. The molecule has 0 heterocycles. The van der Waals surface area contributed by atoms with Crippen molar-refractivity contribution in [3.05, 3.63) is 121 Å². The summed E-state index contributed by atoms with van der Waals surface area (Å²) in [6.45, 7) is 56.6. The summed E-state index contributed by atoms with van der Waals surface area (Å²) in [5.41, 5.74) is 11.8. The predicted molar refractivity (Wildman–Crippen MR) is 339 cm³/mol. The van der Waals surface area contributed by atoms with Crippen LogP contribution in [0.3, 0.4) is 0 Å². The Balaban J connectivity index is 1.73. The first-order valence-corrected chi connectivity index (χ1v) is 29.9. The molecule has 0 bridgehead atoms. The van der Waals surface area contributed by atoms with Crippen molar-refractivity contribution in [2.24, 2.45) is 47.3 Å². The molecule has 5 rings (SSSR count). The second-order valence-corrected chi connectivity index (χ2v) is 25.8. The number of anilines is 6. The first-order chi connectivity index (χ1) is 35.7.